The van der Waals surface area contributed by atoms with Crippen LogP contribution >= 0.6 is 38.9 Å². The summed E-state index contributed by atoms with van der Waals surface area (Å²) in [6, 6.07) is 8.31. The van der Waals surface area contributed by atoms with E-state index in [-0.39, 0.29) is 4.83 Å². The minimum atomic E-state index is 0.114. The van der Waals surface area contributed by atoms with Gasteiger partial charge in [0.25, 0.3) is 0 Å². The third-order valence-corrected chi connectivity index (χ3v) is 5.69. The van der Waals surface area contributed by atoms with E-state index >= 15 is 0 Å². The largest absolute Gasteiger partial charge is 0.496 e. The van der Waals surface area contributed by atoms with E-state index in [1.54, 1.807) is 18.4 Å². The van der Waals surface area contributed by atoms with E-state index in [1.807, 2.05) is 13.0 Å². The molecule has 0 bridgehead atoms. The van der Waals surface area contributed by atoms with Crippen LogP contribution in [-0.4, -0.2) is 7.11 Å². The first kappa shape index (κ1) is 13.9. The number of rotatable bonds is 3. The highest BCUT2D eigenvalue weighted by molar-refractivity contribution is 9.09. The average molecular weight is 346 g/mol. The van der Waals surface area contributed by atoms with Crippen LogP contribution in [0.25, 0.3) is 0 Å². The molecular weight excluding hydrogens is 332 g/mol. The van der Waals surface area contributed by atoms with Gasteiger partial charge in [0.05, 0.1) is 16.3 Å². The molecule has 18 heavy (non-hydrogen) atoms. The van der Waals surface area contributed by atoms with E-state index in [2.05, 4.69) is 41.1 Å². The van der Waals surface area contributed by atoms with Crippen molar-refractivity contribution in [3.63, 3.8) is 0 Å². The zero-order valence-electron chi connectivity index (χ0n) is 10.5. The molecule has 0 aliphatic carbocycles. The van der Waals surface area contributed by atoms with Gasteiger partial charge in [-0.25, -0.2) is 0 Å². The Kier molecular flexibility index (Phi) is 4.36. The predicted octanol–water partition coefficient (Wildman–Crippen LogP) is 5.51. The molecule has 2 aromatic rings. The summed E-state index contributed by atoms with van der Waals surface area (Å²) in [5.41, 5.74) is 3.47. The average Bonchev–Trinajstić information content (AvgIpc) is 2.68. The minimum absolute atomic E-state index is 0.114. The van der Waals surface area contributed by atoms with Gasteiger partial charge in [-0.3, -0.25) is 0 Å². The second kappa shape index (κ2) is 5.64. The molecule has 1 heterocycles. The van der Waals surface area contributed by atoms with Gasteiger partial charge in [-0.15, -0.1) is 11.3 Å². The van der Waals surface area contributed by atoms with Gasteiger partial charge < -0.3 is 4.74 Å². The molecule has 2 rings (SSSR count). The van der Waals surface area contributed by atoms with Crippen LogP contribution in [0.2, 0.25) is 4.34 Å². The molecule has 0 radical (unpaired) electrons. The number of methoxy groups -OCH3 is 1. The second-order valence-electron chi connectivity index (χ2n) is 4.21. The fraction of sp³-hybridized carbons (Fsp3) is 0.286. The third-order valence-electron chi connectivity index (χ3n) is 2.78. The topological polar surface area (TPSA) is 9.23 Å². The molecule has 0 N–H and O–H groups in total. The van der Waals surface area contributed by atoms with Crippen LogP contribution in [0.15, 0.2) is 24.3 Å². The highest BCUT2D eigenvalue weighted by atomic mass is 79.9. The van der Waals surface area contributed by atoms with Crippen LogP contribution < -0.4 is 4.74 Å². The molecule has 1 unspecified atom stereocenters. The number of benzene rings is 1. The van der Waals surface area contributed by atoms with Gasteiger partial charge in [0.1, 0.15) is 5.75 Å². The summed E-state index contributed by atoms with van der Waals surface area (Å²) < 4.78 is 6.27. The normalized spacial score (nSPS) is 12.5. The molecule has 0 aliphatic heterocycles. The maximum absolute atomic E-state index is 6.13. The van der Waals surface area contributed by atoms with Crippen molar-refractivity contribution in [1.29, 1.82) is 0 Å². The third kappa shape index (κ3) is 2.73. The summed E-state index contributed by atoms with van der Waals surface area (Å²) >= 11 is 11.5. The van der Waals surface area contributed by atoms with Crippen molar-refractivity contribution in [3.05, 3.63) is 50.2 Å². The number of thiophene rings is 1. The standard InChI is InChI=1S/C14H14BrClOS/c1-8-4-5-11(17-3)10(6-8)13(15)12-7-9(2)14(16)18-12/h4-7,13H,1-3H3. The monoisotopic (exact) mass is 344 g/mol. The lowest BCUT2D eigenvalue weighted by atomic mass is 10.1. The maximum Gasteiger partial charge on any atom is 0.123 e. The molecule has 1 atom stereocenters. The maximum atomic E-state index is 6.13. The summed E-state index contributed by atoms with van der Waals surface area (Å²) in [5.74, 6) is 0.893. The molecule has 96 valence electrons. The number of aryl methyl sites for hydroxylation is 2. The Morgan fingerprint density at radius 3 is 2.56 bits per heavy atom. The van der Waals surface area contributed by atoms with Gasteiger partial charge >= 0.3 is 0 Å². The second-order valence-corrected chi connectivity index (χ2v) is 6.81. The van der Waals surface area contributed by atoms with Crippen LogP contribution in [0.4, 0.5) is 0 Å². The van der Waals surface area contributed by atoms with Crippen LogP contribution in [-0.2, 0) is 0 Å². The van der Waals surface area contributed by atoms with Crippen molar-refractivity contribution in [2.24, 2.45) is 0 Å². The van der Waals surface area contributed by atoms with Crippen molar-refractivity contribution in [1.82, 2.24) is 0 Å². The molecule has 0 fully saturated rings. The Hall–Kier alpha value is -0.510. The zero-order chi connectivity index (χ0) is 13.3. The fourth-order valence-electron chi connectivity index (χ4n) is 1.81. The van der Waals surface area contributed by atoms with Crippen molar-refractivity contribution < 1.29 is 4.74 Å². The van der Waals surface area contributed by atoms with Crippen LogP contribution in [0.1, 0.15) is 26.4 Å². The molecule has 1 aromatic heterocycles. The quantitative estimate of drug-likeness (QED) is 0.666. The lowest BCUT2D eigenvalue weighted by molar-refractivity contribution is 0.410. The molecule has 0 amide bonds. The van der Waals surface area contributed by atoms with E-state index in [4.69, 9.17) is 16.3 Å². The summed E-state index contributed by atoms with van der Waals surface area (Å²) in [7, 11) is 1.69. The van der Waals surface area contributed by atoms with Crippen molar-refractivity contribution in [2.75, 3.05) is 7.11 Å². The van der Waals surface area contributed by atoms with Gasteiger partial charge in [0, 0.05) is 10.4 Å². The lowest BCUT2D eigenvalue weighted by Gasteiger charge is -2.13. The van der Waals surface area contributed by atoms with Crippen LogP contribution in [0.3, 0.4) is 0 Å². The minimum Gasteiger partial charge on any atom is -0.496 e. The van der Waals surface area contributed by atoms with E-state index in [0.29, 0.717) is 0 Å². The van der Waals surface area contributed by atoms with E-state index < -0.39 is 0 Å². The van der Waals surface area contributed by atoms with Crippen molar-refractivity contribution in [3.8, 4) is 5.75 Å². The van der Waals surface area contributed by atoms with Gasteiger partial charge in [-0.2, -0.15) is 0 Å². The molecule has 1 nitrogen and oxygen atoms in total. The highest BCUT2D eigenvalue weighted by Gasteiger charge is 2.18. The Labute approximate surface area is 125 Å². The Morgan fingerprint density at radius 2 is 2.00 bits per heavy atom. The summed E-state index contributed by atoms with van der Waals surface area (Å²) in [4.78, 5) is 1.31. The molecule has 0 spiro atoms. The summed E-state index contributed by atoms with van der Waals surface area (Å²) in [6.07, 6.45) is 0. The molecular formula is C14H14BrClOS. The molecule has 0 saturated carbocycles. The van der Waals surface area contributed by atoms with Gasteiger partial charge in [0.15, 0.2) is 0 Å². The number of hydrogen-bond donors (Lipinski definition) is 0. The molecule has 0 aliphatic rings. The van der Waals surface area contributed by atoms with E-state index in [9.17, 15) is 0 Å². The fourth-order valence-corrected chi connectivity index (χ4v) is 3.80. The van der Waals surface area contributed by atoms with Gasteiger partial charge in [-0.05, 0) is 31.5 Å². The molecule has 0 saturated heterocycles. The van der Waals surface area contributed by atoms with Gasteiger partial charge in [0.2, 0.25) is 0 Å². The summed E-state index contributed by atoms with van der Waals surface area (Å²) in [5, 5.41) is 0. The smallest absolute Gasteiger partial charge is 0.123 e. The van der Waals surface area contributed by atoms with E-state index in [1.165, 1.54) is 10.4 Å². The van der Waals surface area contributed by atoms with Gasteiger partial charge in [-0.1, -0.05) is 45.2 Å². The molecule has 1 aromatic carbocycles. The number of halogens is 2. The predicted molar refractivity (Wildman–Crippen MR) is 82.6 cm³/mol. The lowest BCUT2D eigenvalue weighted by Crippen LogP contribution is -1.96. The van der Waals surface area contributed by atoms with E-state index in [0.717, 1.165) is 21.2 Å². The SMILES string of the molecule is COc1ccc(C)cc1C(Br)c1cc(C)c(Cl)s1. The first-order valence-corrected chi connectivity index (χ1v) is 7.68. The van der Waals surface area contributed by atoms with Crippen LogP contribution in [0.5, 0.6) is 5.75 Å². The van der Waals surface area contributed by atoms with Crippen molar-refractivity contribution >= 4 is 38.9 Å². The number of alkyl halides is 1. The first-order chi connectivity index (χ1) is 8.52. The Balaban J connectivity index is 2.44. The number of hydrogen-bond acceptors (Lipinski definition) is 2. The zero-order valence-corrected chi connectivity index (χ0v) is 13.6. The highest BCUT2D eigenvalue weighted by Crippen LogP contribution is 2.42. The van der Waals surface area contributed by atoms with Crippen molar-refractivity contribution in [2.45, 2.75) is 18.7 Å². The molecule has 4 heteroatoms. The summed E-state index contributed by atoms with van der Waals surface area (Å²) in [6.45, 7) is 4.10. The van der Waals surface area contributed by atoms with Crippen LogP contribution in [0, 0.1) is 13.8 Å². The first-order valence-electron chi connectivity index (χ1n) is 5.57. The Bertz CT molecular complexity index is 545. The number of ether oxygens (including phenoxy) is 1. The Morgan fingerprint density at radius 1 is 1.28 bits per heavy atom.